The summed E-state index contributed by atoms with van der Waals surface area (Å²) in [6, 6.07) is 17.6. The molecule has 0 bridgehead atoms. The summed E-state index contributed by atoms with van der Waals surface area (Å²) in [6.07, 6.45) is 1.80. The van der Waals surface area contributed by atoms with Gasteiger partial charge in [0.05, 0.1) is 0 Å². The van der Waals surface area contributed by atoms with Gasteiger partial charge in [-0.2, -0.15) is 15.6 Å². The Bertz CT molecular complexity index is 1070. The van der Waals surface area contributed by atoms with Crippen LogP contribution in [-0.2, 0) is 6.61 Å². The molecular weight excluding hydrogens is 346 g/mol. The van der Waals surface area contributed by atoms with Crippen molar-refractivity contribution < 1.29 is 4.74 Å². The third-order valence-corrected chi connectivity index (χ3v) is 4.60. The van der Waals surface area contributed by atoms with Gasteiger partial charge in [0.1, 0.15) is 29.1 Å². The molecule has 0 unspecified atom stereocenters. The second kappa shape index (κ2) is 7.17. The predicted molar refractivity (Wildman–Crippen MR) is 98.4 cm³/mol. The molecule has 0 aliphatic rings. The first-order chi connectivity index (χ1) is 12.8. The average Bonchev–Trinajstić information content (AvgIpc) is 3.38. The van der Waals surface area contributed by atoms with Crippen LogP contribution in [0.5, 0.6) is 5.75 Å². The number of ether oxygens (including phenoxy) is 1. The van der Waals surface area contributed by atoms with E-state index in [4.69, 9.17) is 10.00 Å². The number of hydrogen-bond donors (Lipinski definition) is 1. The first kappa shape index (κ1) is 16.0. The molecule has 4 aromatic rings. The van der Waals surface area contributed by atoms with Gasteiger partial charge in [0.25, 0.3) is 0 Å². The fraction of sp³-hybridized carbons (Fsp3) is 0.0526. The van der Waals surface area contributed by atoms with Crippen LogP contribution in [0.15, 0.2) is 60.1 Å². The predicted octanol–water partition coefficient (Wildman–Crippen LogP) is 4.05. The van der Waals surface area contributed by atoms with Gasteiger partial charge in [0, 0.05) is 22.7 Å². The minimum Gasteiger partial charge on any atom is -0.489 e. The Morgan fingerprint density at radius 3 is 2.81 bits per heavy atom. The average molecular weight is 359 g/mol. The lowest BCUT2D eigenvalue weighted by molar-refractivity contribution is 0.306. The molecule has 0 amide bonds. The Morgan fingerprint density at radius 2 is 1.96 bits per heavy atom. The molecule has 0 saturated carbocycles. The van der Waals surface area contributed by atoms with Crippen molar-refractivity contribution in [3.05, 3.63) is 71.4 Å². The number of nitriles is 1. The lowest BCUT2D eigenvalue weighted by Crippen LogP contribution is -1.96. The van der Waals surface area contributed by atoms with E-state index in [0.29, 0.717) is 18.1 Å². The van der Waals surface area contributed by atoms with Gasteiger partial charge in [0.15, 0.2) is 5.69 Å². The molecule has 4 rings (SSSR count). The highest BCUT2D eigenvalue weighted by Crippen LogP contribution is 2.26. The fourth-order valence-electron chi connectivity index (χ4n) is 2.57. The van der Waals surface area contributed by atoms with E-state index < -0.39 is 0 Å². The monoisotopic (exact) mass is 359 g/mol. The molecule has 0 radical (unpaired) electrons. The van der Waals surface area contributed by atoms with Gasteiger partial charge in [-0.3, -0.25) is 0 Å². The Labute approximate surface area is 153 Å². The molecule has 1 N–H and O–H groups in total. The van der Waals surface area contributed by atoms with Crippen molar-refractivity contribution >= 4 is 11.3 Å². The molecule has 2 aromatic carbocycles. The van der Waals surface area contributed by atoms with Crippen LogP contribution in [-0.4, -0.2) is 20.4 Å². The molecule has 126 valence electrons. The van der Waals surface area contributed by atoms with Crippen LogP contribution in [0.4, 0.5) is 0 Å². The van der Waals surface area contributed by atoms with E-state index >= 15 is 0 Å². The Balaban J connectivity index is 1.52. The summed E-state index contributed by atoms with van der Waals surface area (Å²) in [5, 5.41) is 22.4. The number of rotatable bonds is 5. The van der Waals surface area contributed by atoms with E-state index in [1.165, 1.54) is 0 Å². The van der Waals surface area contributed by atoms with E-state index in [9.17, 15) is 0 Å². The van der Waals surface area contributed by atoms with Gasteiger partial charge in [-0.15, -0.1) is 16.4 Å². The quantitative estimate of drug-likeness (QED) is 0.581. The molecule has 6 nitrogen and oxygen atoms in total. The fourth-order valence-corrected chi connectivity index (χ4v) is 3.21. The third-order valence-electron chi connectivity index (χ3n) is 3.77. The summed E-state index contributed by atoms with van der Waals surface area (Å²) in [7, 11) is 0. The highest BCUT2D eigenvalue weighted by molar-refractivity contribution is 7.13. The summed E-state index contributed by atoms with van der Waals surface area (Å²) >= 11 is 1.61. The summed E-state index contributed by atoms with van der Waals surface area (Å²) in [4.78, 5) is 4.34. The molecule has 26 heavy (non-hydrogen) atoms. The molecule has 0 aliphatic heterocycles. The van der Waals surface area contributed by atoms with Gasteiger partial charge < -0.3 is 4.74 Å². The van der Waals surface area contributed by atoms with Crippen LogP contribution >= 0.6 is 11.3 Å². The third kappa shape index (κ3) is 3.31. The smallest absolute Gasteiger partial charge is 0.190 e. The second-order valence-corrected chi connectivity index (χ2v) is 6.38. The lowest BCUT2D eigenvalue weighted by Gasteiger charge is -2.08. The highest BCUT2D eigenvalue weighted by Gasteiger charge is 2.10. The van der Waals surface area contributed by atoms with Gasteiger partial charge in [-0.25, -0.2) is 4.98 Å². The standard InChI is InChI=1S/C19H13N5OS/c20-11-17-18(23-24-22-17)14-4-2-6-16(10-14)25-12-13-3-1-5-15(9-13)19-21-7-8-26-19/h1-10H,12H2,(H,22,23,24). The minimum atomic E-state index is 0.262. The number of benzene rings is 2. The van der Waals surface area contributed by atoms with Crippen molar-refractivity contribution in [3.63, 3.8) is 0 Å². The number of nitrogens with zero attached hydrogens (tertiary/aromatic N) is 4. The maximum absolute atomic E-state index is 9.09. The summed E-state index contributed by atoms with van der Waals surface area (Å²) in [5.41, 5.74) is 3.70. The Kier molecular flexibility index (Phi) is 4.41. The molecular formula is C19H13N5OS. The van der Waals surface area contributed by atoms with Crippen LogP contribution in [0.3, 0.4) is 0 Å². The topological polar surface area (TPSA) is 87.5 Å². The molecule has 2 heterocycles. The number of H-pyrrole nitrogens is 1. The Morgan fingerprint density at radius 1 is 1.08 bits per heavy atom. The van der Waals surface area contributed by atoms with Crippen molar-refractivity contribution in [1.29, 1.82) is 5.26 Å². The zero-order valence-corrected chi connectivity index (χ0v) is 14.4. The van der Waals surface area contributed by atoms with Crippen LogP contribution in [0.25, 0.3) is 21.8 Å². The van der Waals surface area contributed by atoms with Crippen LogP contribution in [0, 0.1) is 11.3 Å². The van der Waals surface area contributed by atoms with Crippen molar-refractivity contribution in [2.45, 2.75) is 6.61 Å². The van der Waals surface area contributed by atoms with E-state index in [0.717, 1.165) is 21.7 Å². The maximum atomic E-state index is 9.09. The summed E-state index contributed by atoms with van der Waals surface area (Å²) in [6.45, 7) is 0.437. The minimum absolute atomic E-state index is 0.262. The molecule has 2 aromatic heterocycles. The zero-order chi connectivity index (χ0) is 17.8. The van der Waals surface area contributed by atoms with Crippen LogP contribution in [0.2, 0.25) is 0 Å². The molecule has 7 heteroatoms. The molecule has 0 saturated heterocycles. The van der Waals surface area contributed by atoms with Crippen LogP contribution < -0.4 is 4.74 Å². The van der Waals surface area contributed by atoms with Crippen molar-refractivity contribution in [2.75, 3.05) is 0 Å². The van der Waals surface area contributed by atoms with Gasteiger partial charge >= 0.3 is 0 Å². The van der Waals surface area contributed by atoms with E-state index in [1.807, 2.05) is 53.9 Å². The lowest BCUT2D eigenvalue weighted by atomic mass is 10.1. The largest absolute Gasteiger partial charge is 0.489 e. The van der Waals surface area contributed by atoms with Crippen molar-refractivity contribution in [1.82, 2.24) is 20.4 Å². The second-order valence-electron chi connectivity index (χ2n) is 5.49. The highest BCUT2D eigenvalue weighted by atomic mass is 32.1. The SMILES string of the molecule is N#Cc1n[nH]nc1-c1cccc(OCc2cccc(-c3nccs3)c2)c1. The van der Waals surface area contributed by atoms with Gasteiger partial charge in [-0.1, -0.05) is 30.3 Å². The summed E-state index contributed by atoms with van der Waals surface area (Å²) < 4.78 is 5.92. The summed E-state index contributed by atoms with van der Waals surface area (Å²) in [5.74, 6) is 0.703. The molecule has 0 atom stereocenters. The number of aromatic nitrogens is 4. The van der Waals surface area contributed by atoms with E-state index in [-0.39, 0.29) is 5.69 Å². The maximum Gasteiger partial charge on any atom is 0.190 e. The molecule has 0 aliphatic carbocycles. The Hall–Kier alpha value is -3.50. The van der Waals surface area contributed by atoms with Crippen LogP contribution in [0.1, 0.15) is 11.3 Å². The van der Waals surface area contributed by atoms with Crippen molar-refractivity contribution in [3.8, 4) is 33.6 Å². The number of thiazole rings is 1. The number of aromatic amines is 1. The van der Waals surface area contributed by atoms with Gasteiger partial charge in [0.2, 0.25) is 0 Å². The van der Waals surface area contributed by atoms with Gasteiger partial charge in [-0.05, 0) is 23.8 Å². The van der Waals surface area contributed by atoms with E-state index in [2.05, 4.69) is 26.5 Å². The molecule has 0 spiro atoms. The number of nitrogens with one attached hydrogen (secondary N) is 1. The van der Waals surface area contributed by atoms with Crippen molar-refractivity contribution in [2.24, 2.45) is 0 Å². The normalized spacial score (nSPS) is 10.4. The van der Waals surface area contributed by atoms with E-state index in [1.54, 1.807) is 17.5 Å². The zero-order valence-electron chi connectivity index (χ0n) is 13.6. The molecule has 0 fully saturated rings. The first-order valence-electron chi connectivity index (χ1n) is 7.86. The number of hydrogen-bond acceptors (Lipinski definition) is 6. The first-order valence-corrected chi connectivity index (χ1v) is 8.74.